The van der Waals surface area contributed by atoms with Gasteiger partial charge in [-0.2, -0.15) is 26.3 Å². The van der Waals surface area contributed by atoms with Gasteiger partial charge in [0.2, 0.25) is 0 Å². The van der Waals surface area contributed by atoms with E-state index in [1.165, 1.54) is 6.42 Å². The van der Waals surface area contributed by atoms with Gasteiger partial charge in [0.05, 0.1) is 11.1 Å². The van der Waals surface area contributed by atoms with Crippen LogP contribution in [0.3, 0.4) is 0 Å². The molecule has 1 saturated heterocycles. The molecule has 1 heterocycles. The van der Waals surface area contributed by atoms with E-state index in [0.29, 0.717) is 25.1 Å². The lowest BCUT2D eigenvalue weighted by atomic mass is 10.0. The van der Waals surface area contributed by atoms with Crippen molar-refractivity contribution in [2.45, 2.75) is 44.1 Å². The quantitative estimate of drug-likeness (QED) is 0.378. The molecule has 3 rings (SSSR count). The second-order valence-corrected chi connectivity index (χ2v) is 8.55. The lowest BCUT2D eigenvalue weighted by Gasteiger charge is -2.31. The van der Waals surface area contributed by atoms with Gasteiger partial charge in [0, 0.05) is 18.3 Å². The number of likely N-dealkylation sites (tertiary alicyclic amines) is 1. The van der Waals surface area contributed by atoms with Crippen LogP contribution < -0.4 is 10.6 Å². The fourth-order valence-corrected chi connectivity index (χ4v) is 4.18. The molecule has 2 aromatic carbocycles. The Bertz CT molecular complexity index is 892. The summed E-state index contributed by atoms with van der Waals surface area (Å²) >= 11 is 5.27. The van der Waals surface area contributed by atoms with E-state index in [4.69, 9.17) is 12.2 Å². The molecule has 1 aliphatic rings. The Morgan fingerprint density at radius 3 is 2.00 bits per heavy atom. The highest BCUT2D eigenvalue weighted by atomic mass is 32.1. The predicted octanol–water partition coefficient (Wildman–Crippen LogP) is 6.11. The molecule has 1 atom stereocenters. The molecule has 2 aromatic rings. The molecular formula is C23H25F6N3S. The highest BCUT2D eigenvalue weighted by molar-refractivity contribution is 7.80. The van der Waals surface area contributed by atoms with Crippen molar-refractivity contribution in [3.63, 3.8) is 0 Å². The molecule has 0 aromatic heterocycles. The van der Waals surface area contributed by atoms with Crippen LogP contribution in [0.15, 0.2) is 48.5 Å². The lowest BCUT2D eigenvalue weighted by Crippen LogP contribution is -2.47. The smallest absolute Gasteiger partial charge is 0.358 e. The number of nitrogens with zero attached hydrogens (tertiary/aromatic N) is 1. The van der Waals surface area contributed by atoms with Crippen molar-refractivity contribution >= 4 is 23.0 Å². The summed E-state index contributed by atoms with van der Waals surface area (Å²) in [7, 11) is 0. The number of hydrogen-bond donors (Lipinski definition) is 2. The van der Waals surface area contributed by atoms with Crippen LogP contribution in [0.4, 0.5) is 32.0 Å². The van der Waals surface area contributed by atoms with Crippen LogP contribution in [0.5, 0.6) is 0 Å². The number of anilines is 1. The third-order valence-electron chi connectivity index (χ3n) is 5.43. The highest BCUT2D eigenvalue weighted by Crippen LogP contribution is 2.37. The summed E-state index contributed by atoms with van der Waals surface area (Å²) < 4.78 is 78.8. The molecule has 180 valence electrons. The molecule has 0 bridgehead atoms. The summed E-state index contributed by atoms with van der Waals surface area (Å²) in [6.07, 6.45) is -5.88. The zero-order valence-electron chi connectivity index (χ0n) is 17.8. The molecule has 3 nitrogen and oxygen atoms in total. The van der Waals surface area contributed by atoms with Gasteiger partial charge < -0.3 is 15.5 Å². The van der Waals surface area contributed by atoms with Crippen molar-refractivity contribution in [1.82, 2.24) is 10.2 Å². The van der Waals surface area contributed by atoms with E-state index in [-0.39, 0.29) is 22.9 Å². The molecule has 0 unspecified atom stereocenters. The van der Waals surface area contributed by atoms with E-state index in [0.717, 1.165) is 31.5 Å². The Morgan fingerprint density at radius 2 is 1.45 bits per heavy atom. The largest absolute Gasteiger partial charge is 0.416 e. The fraction of sp³-hybridized carbons (Fsp3) is 0.435. The van der Waals surface area contributed by atoms with Crippen LogP contribution in [0, 0.1) is 0 Å². The van der Waals surface area contributed by atoms with Gasteiger partial charge in [-0.05, 0) is 68.3 Å². The molecule has 1 fully saturated rings. The first-order valence-corrected chi connectivity index (χ1v) is 11.0. The summed E-state index contributed by atoms with van der Waals surface area (Å²) in [5.41, 5.74) is -2.10. The Balaban J connectivity index is 1.75. The van der Waals surface area contributed by atoms with Crippen LogP contribution in [-0.2, 0) is 18.8 Å². The minimum Gasteiger partial charge on any atom is -0.358 e. The van der Waals surface area contributed by atoms with E-state index in [2.05, 4.69) is 15.5 Å². The number of alkyl halides is 6. The van der Waals surface area contributed by atoms with Crippen molar-refractivity contribution in [2.75, 3.05) is 25.0 Å². The van der Waals surface area contributed by atoms with Gasteiger partial charge in [-0.3, -0.25) is 0 Å². The van der Waals surface area contributed by atoms with Crippen LogP contribution in [0.1, 0.15) is 36.0 Å². The molecule has 33 heavy (non-hydrogen) atoms. The third kappa shape index (κ3) is 7.89. The zero-order chi connectivity index (χ0) is 24.1. The van der Waals surface area contributed by atoms with Gasteiger partial charge >= 0.3 is 12.4 Å². The molecule has 0 amide bonds. The van der Waals surface area contributed by atoms with Crippen molar-refractivity contribution in [2.24, 2.45) is 0 Å². The van der Waals surface area contributed by atoms with Crippen LogP contribution in [-0.4, -0.2) is 35.7 Å². The number of hydrogen-bond acceptors (Lipinski definition) is 2. The Morgan fingerprint density at radius 1 is 0.879 bits per heavy atom. The van der Waals surface area contributed by atoms with Gasteiger partial charge in [0.15, 0.2) is 5.11 Å². The van der Waals surface area contributed by atoms with E-state index in [1.54, 1.807) is 0 Å². The maximum atomic E-state index is 13.1. The first-order valence-electron chi connectivity index (χ1n) is 10.6. The molecule has 0 radical (unpaired) electrons. The summed E-state index contributed by atoms with van der Waals surface area (Å²) in [5.74, 6) is 0. The third-order valence-corrected chi connectivity index (χ3v) is 5.65. The maximum Gasteiger partial charge on any atom is 0.416 e. The Labute approximate surface area is 194 Å². The van der Waals surface area contributed by atoms with Gasteiger partial charge in [0.25, 0.3) is 0 Å². The number of halogens is 6. The van der Waals surface area contributed by atoms with Crippen molar-refractivity contribution in [3.05, 3.63) is 65.2 Å². The van der Waals surface area contributed by atoms with E-state index < -0.39 is 23.5 Å². The molecular weight excluding hydrogens is 464 g/mol. The number of thiocarbonyl (C=S) groups is 1. The number of piperidine rings is 1. The Kier molecular flexibility index (Phi) is 8.23. The summed E-state index contributed by atoms with van der Waals surface area (Å²) in [6, 6.07) is 10.8. The molecule has 2 N–H and O–H groups in total. The lowest BCUT2D eigenvalue weighted by molar-refractivity contribution is -0.143. The first kappa shape index (κ1) is 25.3. The van der Waals surface area contributed by atoms with Gasteiger partial charge in [0.1, 0.15) is 0 Å². The summed E-state index contributed by atoms with van der Waals surface area (Å²) in [4.78, 5) is 2.29. The van der Waals surface area contributed by atoms with Crippen LogP contribution in [0.25, 0.3) is 0 Å². The predicted molar refractivity (Wildman–Crippen MR) is 120 cm³/mol. The van der Waals surface area contributed by atoms with Gasteiger partial charge in [-0.15, -0.1) is 0 Å². The van der Waals surface area contributed by atoms with Gasteiger partial charge in [-0.25, -0.2) is 0 Å². The summed E-state index contributed by atoms with van der Waals surface area (Å²) in [6.45, 7) is 2.54. The maximum absolute atomic E-state index is 13.1. The molecule has 0 aliphatic carbocycles. The monoisotopic (exact) mass is 489 g/mol. The average molecular weight is 490 g/mol. The average Bonchev–Trinajstić information content (AvgIpc) is 2.73. The zero-order valence-corrected chi connectivity index (χ0v) is 18.6. The van der Waals surface area contributed by atoms with E-state index in [1.807, 2.05) is 30.3 Å². The second kappa shape index (κ2) is 10.7. The molecule has 0 saturated carbocycles. The number of rotatable bonds is 6. The SMILES string of the molecule is FC(F)(F)c1cc(NC(=S)N[C@@H](Cc2ccccc2)CN2CCCCC2)cc(C(F)(F)F)c1. The first-order chi connectivity index (χ1) is 15.5. The van der Waals surface area contributed by atoms with Crippen molar-refractivity contribution < 1.29 is 26.3 Å². The number of nitrogens with one attached hydrogen (secondary N) is 2. The van der Waals surface area contributed by atoms with Gasteiger partial charge in [-0.1, -0.05) is 36.8 Å². The van der Waals surface area contributed by atoms with E-state index in [9.17, 15) is 26.3 Å². The number of benzene rings is 2. The van der Waals surface area contributed by atoms with Crippen molar-refractivity contribution in [1.29, 1.82) is 0 Å². The minimum atomic E-state index is -4.92. The molecule has 10 heteroatoms. The van der Waals surface area contributed by atoms with Crippen LogP contribution >= 0.6 is 12.2 Å². The Hall–Kier alpha value is -2.33. The summed E-state index contributed by atoms with van der Waals surface area (Å²) in [5, 5.41) is 5.59. The van der Waals surface area contributed by atoms with E-state index >= 15 is 0 Å². The second-order valence-electron chi connectivity index (χ2n) is 8.14. The normalized spacial score (nSPS) is 16.3. The molecule has 1 aliphatic heterocycles. The van der Waals surface area contributed by atoms with Crippen LogP contribution in [0.2, 0.25) is 0 Å². The molecule has 0 spiro atoms. The topological polar surface area (TPSA) is 27.3 Å². The minimum absolute atomic E-state index is 0.0274. The fourth-order valence-electron chi connectivity index (χ4n) is 3.89. The van der Waals surface area contributed by atoms with Crippen molar-refractivity contribution in [3.8, 4) is 0 Å². The standard InChI is InChI=1S/C23H25F6N3S/c24-22(25,26)17-12-18(23(27,28)29)14-19(13-17)30-21(33)31-20(11-16-7-3-1-4-8-16)15-32-9-5-2-6-10-32/h1,3-4,7-8,12-14,20H,2,5-6,9-11,15H2,(H2,30,31,33)/t20-/m0/s1. The highest BCUT2D eigenvalue weighted by Gasteiger charge is 2.37.